The lowest BCUT2D eigenvalue weighted by Crippen LogP contribution is -2.35. The highest BCUT2D eigenvalue weighted by molar-refractivity contribution is 5.17. The summed E-state index contributed by atoms with van der Waals surface area (Å²) in [5, 5.41) is 0. The summed E-state index contributed by atoms with van der Waals surface area (Å²) in [4.78, 5) is 0. The normalized spacial score (nSPS) is 30.2. The molecule has 0 spiro atoms. The fourth-order valence-corrected chi connectivity index (χ4v) is 4.88. The molecule has 0 bridgehead atoms. The lowest BCUT2D eigenvalue weighted by Gasteiger charge is -2.39. The van der Waals surface area contributed by atoms with Crippen molar-refractivity contribution >= 4 is 0 Å². The molecule has 2 fully saturated rings. The monoisotopic (exact) mass is 376 g/mol. The van der Waals surface area contributed by atoms with Gasteiger partial charge in [-0.25, -0.2) is 4.39 Å². The first kappa shape index (κ1) is 20.8. The lowest BCUT2D eigenvalue weighted by molar-refractivity contribution is -0.215. The zero-order chi connectivity index (χ0) is 19.1. The fourth-order valence-electron chi connectivity index (χ4n) is 4.88. The molecule has 3 heteroatoms. The maximum atomic E-state index is 13.1. The average Bonchev–Trinajstić information content (AvgIpc) is 2.72. The second kappa shape index (κ2) is 10.6. The minimum atomic E-state index is -0.340. The SMILES string of the molecule is CCCCCCC1CCC(C(C)C2COC(c3ccc(F)cc3)OC2)CC1. The van der Waals surface area contributed by atoms with Crippen molar-refractivity contribution in [1.29, 1.82) is 0 Å². The van der Waals surface area contributed by atoms with Crippen molar-refractivity contribution in [1.82, 2.24) is 0 Å². The van der Waals surface area contributed by atoms with Crippen LogP contribution < -0.4 is 0 Å². The molecule has 1 heterocycles. The Morgan fingerprint density at radius 1 is 0.926 bits per heavy atom. The summed E-state index contributed by atoms with van der Waals surface area (Å²) in [5.41, 5.74) is 0.908. The van der Waals surface area contributed by atoms with E-state index in [2.05, 4.69) is 13.8 Å². The van der Waals surface area contributed by atoms with Gasteiger partial charge in [-0.15, -0.1) is 0 Å². The van der Waals surface area contributed by atoms with Crippen LogP contribution in [-0.2, 0) is 9.47 Å². The van der Waals surface area contributed by atoms with Gasteiger partial charge in [0.05, 0.1) is 13.2 Å². The summed E-state index contributed by atoms with van der Waals surface area (Å²) >= 11 is 0. The summed E-state index contributed by atoms with van der Waals surface area (Å²) in [6.07, 6.45) is 12.2. The molecule has 1 saturated carbocycles. The molecule has 1 atom stereocenters. The predicted octanol–water partition coefficient (Wildman–Crippen LogP) is 6.90. The predicted molar refractivity (Wildman–Crippen MR) is 108 cm³/mol. The third kappa shape index (κ3) is 6.02. The largest absolute Gasteiger partial charge is 0.348 e. The summed E-state index contributed by atoms with van der Waals surface area (Å²) < 4.78 is 25.0. The maximum Gasteiger partial charge on any atom is 0.183 e. The van der Waals surface area contributed by atoms with Gasteiger partial charge in [-0.1, -0.05) is 70.9 Å². The van der Waals surface area contributed by atoms with Gasteiger partial charge in [-0.2, -0.15) is 0 Å². The van der Waals surface area contributed by atoms with E-state index in [1.165, 1.54) is 69.9 Å². The van der Waals surface area contributed by atoms with Crippen molar-refractivity contribution in [3.8, 4) is 0 Å². The van der Waals surface area contributed by atoms with Crippen LogP contribution in [0.4, 0.5) is 4.39 Å². The smallest absolute Gasteiger partial charge is 0.183 e. The molecule has 0 N–H and O–H groups in total. The first-order valence-corrected chi connectivity index (χ1v) is 11.2. The molecule has 2 aliphatic rings. The molecule has 0 amide bonds. The number of halogens is 1. The standard InChI is InChI=1S/C24H37FO2/c1-3-4-5-6-7-19-8-10-20(11-9-19)18(2)22-16-26-24(27-17-22)21-12-14-23(25)15-13-21/h12-15,18-20,22,24H,3-11,16-17H2,1-2H3. The summed E-state index contributed by atoms with van der Waals surface area (Å²) in [6, 6.07) is 6.45. The van der Waals surface area contributed by atoms with E-state index < -0.39 is 0 Å². The highest BCUT2D eigenvalue weighted by Crippen LogP contribution is 2.40. The molecule has 1 aliphatic carbocycles. The first-order chi connectivity index (χ1) is 13.2. The Hall–Kier alpha value is -0.930. The van der Waals surface area contributed by atoms with Crippen molar-refractivity contribution in [2.75, 3.05) is 13.2 Å². The molecule has 1 saturated heterocycles. The third-order valence-electron chi connectivity index (χ3n) is 6.91. The minimum Gasteiger partial charge on any atom is -0.348 e. The van der Waals surface area contributed by atoms with Crippen molar-refractivity contribution in [2.24, 2.45) is 23.7 Å². The number of ether oxygens (including phenoxy) is 2. The molecule has 152 valence electrons. The summed E-state index contributed by atoms with van der Waals surface area (Å²) in [6.45, 7) is 6.18. The number of hydrogen-bond acceptors (Lipinski definition) is 2. The van der Waals surface area contributed by atoms with Crippen molar-refractivity contribution in [2.45, 2.75) is 77.9 Å². The van der Waals surface area contributed by atoms with E-state index in [0.29, 0.717) is 11.8 Å². The van der Waals surface area contributed by atoms with Crippen LogP contribution in [0.5, 0.6) is 0 Å². The van der Waals surface area contributed by atoms with Gasteiger partial charge in [0.15, 0.2) is 6.29 Å². The zero-order valence-corrected chi connectivity index (χ0v) is 17.2. The van der Waals surface area contributed by atoms with Crippen LogP contribution in [0.3, 0.4) is 0 Å². The molecule has 1 aromatic carbocycles. The molecule has 3 rings (SSSR count). The van der Waals surface area contributed by atoms with Gasteiger partial charge in [-0.05, 0) is 42.7 Å². The van der Waals surface area contributed by atoms with Gasteiger partial charge in [0.2, 0.25) is 0 Å². The second-order valence-corrected chi connectivity index (χ2v) is 8.80. The molecule has 1 aliphatic heterocycles. The third-order valence-corrected chi connectivity index (χ3v) is 6.91. The van der Waals surface area contributed by atoms with E-state index in [-0.39, 0.29) is 12.1 Å². The maximum absolute atomic E-state index is 13.1. The highest BCUT2D eigenvalue weighted by Gasteiger charge is 2.33. The van der Waals surface area contributed by atoms with Crippen LogP contribution in [0.25, 0.3) is 0 Å². The molecule has 1 aromatic rings. The number of benzene rings is 1. The summed E-state index contributed by atoms with van der Waals surface area (Å²) in [5.74, 6) is 2.69. The van der Waals surface area contributed by atoms with Crippen LogP contribution >= 0.6 is 0 Å². The number of unbranched alkanes of at least 4 members (excludes halogenated alkanes) is 3. The molecular weight excluding hydrogens is 339 g/mol. The van der Waals surface area contributed by atoms with E-state index >= 15 is 0 Å². The fraction of sp³-hybridized carbons (Fsp3) is 0.750. The van der Waals surface area contributed by atoms with Crippen LogP contribution in [0.1, 0.15) is 83.5 Å². The van der Waals surface area contributed by atoms with Gasteiger partial charge in [0.1, 0.15) is 5.82 Å². The molecule has 1 unspecified atom stereocenters. The Morgan fingerprint density at radius 3 is 2.22 bits per heavy atom. The van der Waals surface area contributed by atoms with Gasteiger partial charge in [0, 0.05) is 11.5 Å². The Kier molecular flexibility index (Phi) is 8.14. The van der Waals surface area contributed by atoms with Crippen molar-refractivity contribution in [3.63, 3.8) is 0 Å². The number of hydrogen-bond donors (Lipinski definition) is 0. The van der Waals surface area contributed by atoms with Crippen LogP contribution in [0.15, 0.2) is 24.3 Å². The molecule has 27 heavy (non-hydrogen) atoms. The lowest BCUT2D eigenvalue weighted by atomic mass is 9.71. The van der Waals surface area contributed by atoms with Crippen LogP contribution in [0, 0.1) is 29.5 Å². The van der Waals surface area contributed by atoms with Crippen LogP contribution in [0.2, 0.25) is 0 Å². The number of rotatable bonds is 8. The van der Waals surface area contributed by atoms with Crippen molar-refractivity contribution < 1.29 is 13.9 Å². The topological polar surface area (TPSA) is 18.5 Å². The van der Waals surface area contributed by atoms with Gasteiger partial charge in [-0.3, -0.25) is 0 Å². The van der Waals surface area contributed by atoms with Crippen LogP contribution in [-0.4, -0.2) is 13.2 Å². The molecular formula is C24H37FO2. The van der Waals surface area contributed by atoms with E-state index in [4.69, 9.17) is 9.47 Å². The Morgan fingerprint density at radius 2 is 1.59 bits per heavy atom. The minimum absolute atomic E-state index is 0.220. The van der Waals surface area contributed by atoms with E-state index in [1.54, 1.807) is 12.1 Å². The molecule has 0 aromatic heterocycles. The zero-order valence-electron chi connectivity index (χ0n) is 17.2. The Bertz CT molecular complexity index is 528. The second-order valence-electron chi connectivity index (χ2n) is 8.80. The Labute approximate surface area is 164 Å². The summed E-state index contributed by atoms with van der Waals surface area (Å²) in [7, 11) is 0. The van der Waals surface area contributed by atoms with E-state index in [9.17, 15) is 4.39 Å². The Balaban J connectivity index is 1.38. The molecule has 0 radical (unpaired) electrons. The van der Waals surface area contributed by atoms with Gasteiger partial charge >= 0.3 is 0 Å². The van der Waals surface area contributed by atoms with E-state index in [1.807, 2.05) is 0 Å². The van der Waals surface area contributed by atoms with Crippen molar-refractivity contribution in [3.05, 3.63) is 35.6 Å². The first-order valence-electron chi connectivity index (χ1n) is 11.2. The molecule has 2 nitrogen and oxygen atoms in total. The van der Waals surface area contributed by atoms with Gasteiger partial charge in [0.25, 0.3) is 0 Å². The average molecular weight is 377 g/mol. The highest BCUT2D eigenvalue weighted by atomic mass is 19.1. The quantitative estimate of drug-likeness (QED) is 0.459. The van der Waals surface area contributed by atoms with E-state index in [0.717, 1.165) is 30.6 Å². The van der Waals surface area contributed by atoms with Gasteiger partial charge < -0.3 is 9.47 Å².